The number of aliphatic carboxylic acids is 2. The molecular weight excluding hydrogens is 360 g/mol. The van der Waals surface area contributed by atoms with Gasteiger partial charge in [0, 0.05) is 0 Å². The molecule has 0 heterocycles. The third kappa shape index (κ3) is 18.9. The fourth-order valence-corrected chi connectivity index (χ4v) is 0.760. The molecule has 0 aliphatic heterocycles. The molecule has 12 heteroatoms. The highest BCUT2D eigenvalue weighted by atomic mass is 16.6. The number of esters is 4. The van der Waals surface area contributed by atoms with E-state index in [1.54, 1.807) is 27.7 Å². The first-order valence-electron chi connectivity index (χ1n) is 7.22. The number of carbonyl (C=O) groups excluding carboxylic acids is 4. The van der Waals surface area contributed by atoms with Crippen molar-refractivity contribution in [1.29, 1.82) is 0 Å². The highest BCUT2D eigenvalue weighted by molar-refractivity contribution is 6.30. The quantitative estimate of drug-likeness (QED) is 0.358. The molecule has 0 rings (SSSR count). The van der Waals surface area contributed by atoms with Gasteiger partial charge in [-0.15, -0.1) is 0 Å². The van der Waals surface area contributed by atoms with Crippen LogP contribution in [0, 0.1) is 0 Å². The van der Waals surface area contributed by atoms with Gasteiger partial charge >= 0.3 is 35.8 Å². The van der Waals surface area contributed by atoms with Crippen LogP contribution in [0.2, 0.25) is 0 Å². The summed E-state index contributed by atoms with van der Waals surface area (Å²) < 4.78 is 17.4. The van der Waals surface area contributed by atoms with Crippen LogP contribution in [0.25, 0.3) is 0 Å². The molecule has 26 heavy (non-hydrogen) atoms. The maximum absolute atomic E-state index is 10.4. The average Bonchev–Trinajstić information content (AvgIpc) is 2.56. The van der Waals surface area contributed by atoms with Crippen LogP contribution >= 0.6 is 0 Å². The number of hydrogen-bond donors (Lipinski definition) is 2. The van der Waals surface area contributed by atoms with Crippen molar-refractivity contribution in [3.05, 3.63) is 0 Å². The number of carboxylic acids is 2. The highest BCUT2D eigenvalue weighted by Crippen LogP contribution is 1.83. The van der Waals surface area contributed by atoms with Crippen molar-refractivity contribution in [3.8, 4) is 0 Å². The molecule has 0 bridgehead atoms. The molecule has 12 nitrogen and oxygen atoms in total. The minimum atomic E-state index is -1.82. The van der Waals surface area contributed by atoms with E-state index in [9.17, 15) is 19.2 Å². The molecule has 0 aromatic heterocycles. The average molecular weight is 382 g/mol. The predicted molar refractivity (Wildman–Crippen MR) is 81.8 cm³/mol. The fourth-order valence-electron chi connectivity index (χ4n) is 0.760. The molecule has 0 amide bonds. The van der Waals surface area contributed by atoms with Crippen molar-refractivity contribution >= 4 is 35.8 Å². The fraction of sp³-hybridized carbons (Fsp3) is 0.571. The number of ether oxygens (including phenoxy) is 4. The number of hydrogen-bond acceptors (Lipinski definition) is 10. The Balaban J connectivity index is -0.000000316. The SMILES string of the molecule is CCOC(=O)C(=O)OCC.CCOC(=O)C(=O)OCC.O=C(O)C(=O)O. The van der Waals surface area contributed by atoms with Crippen LogP contribution in [-0.4, -0.2) is 72.5 Å². The summed E-state index contributed by atoms with van der Waals surface area (Å²) >= 11 is 0. The first kappa shape index (κ1) is 27.7. The minimum absolute atomic E-state index is 0.192. The first-order valence-corrected chi connectivity index (χ1v) is 7.22. The van der Waals surface area contributed by atoms with Gasteiger partial charge < -0.3 is 29.2 Å². The van der Waals surface area contributed by atoms with E-state index in [4.69, 9.17) is 19.8 Å². The van der Waals surface area contributed by atoms with Crippen molar-refractivity contribution < 1.29 is 57.9 Å². The molecule has 2 N–H and O–H groups in total. The summed E-state index contributed by atoms with van der Waals surface area (Å²) in [5, 5.41) is 14.8. The topological polar surface area (TPSA) is 180 Å². The van der Waals surface area contributed by atoms with Gasteiger partial charge in [-0.05, 0) is 27.7 Å². The van der Waals surface area contributed by atoms with Crippen LogP contribution in [0.1, 0.15) is 27.7 Å². The smallest absolute Gasteiger partial charge is 0.417 e. The van der Waals surface area contributed by atoms with Crippen molar-refractivity contribution in [1.82, 2.24) is 0 Å². The van der Waals surface area contributed by atoms with Crippen LogP contribution in [0.5, 0.6) is 0 Å². The molecule has 0 aliphatic carbocycles. The molecule has 0 unspecified atom stereocenters. The molecule has 0 fully saturated rings. The van der Waals surface area contributed by atoms with Crippen molar-refractivity contribution in [2.45, 2.75) is 27.7 Å². The maximum atomic E-state index is 10.4. The summed E-state index contributed by atoms with van der Waals surface area (Å²) in [5.74, 6) is -7.35. The molecular formula is C14H22O12. The lowest BCUT2D eigenvalue weighted by atomic mass is 10.7. The third-order valence-electron chi connectivity index (χ3n) is 1.62. The van der Waals surface area contributed by atoms with Crippen LogP contribution in [0.4, 0.5) is 0 Å². The van der Waals surface area contributed by atoms with E-state index in [2.05, 4.69) is 18.9 Å². The second-order valence-corrected chi connectivity index (χ2v) is 3.49. The second kappa shape index (κ2) is 18.2. The number of carboxylic acid groups (broad SMARTS) is 2. The Morgan fingerprint density at radius 2 is 0.654 bits per heavy atom. The standard InChI is InChI=1S/2C6H10O4.C2H2O4/c2*1-3-9-5(7)6(8)10-4-2;3-1(4)2(5)6/h2*3-4H2,1-2H3;(H,3,4)(H,5,6). The number of rotatable bonds is 4. The lowest BCUT2D eigenvalue weighted by Gasteiger charge is -1.99. The Morgan fingerprint density at radius 3 is 0.731 bits per heavy atom. The number of carbonyl (C=O) groups is 6. The zero-order chi connectivity index (χ0) is 21.1. The Bertz CT molecular complexity index is 406. The van der Waals surface area contributed by atoms with Crippen LogP contribution in [0.3, 0.4) is 0 Å². The van der Waals surface area contributed by atoms with Gasteiger partial charge in [0.05, 0.1) is 26.4 Å². The molecule has 0 aromatic carbocycles. The highest BCUT2D eigenvalue weighted by Gasteiger charge is 2.15. The lowest BCUT2D eigenvalue weighted by molar-refractivity contribution is -0.167. The van der Waals surface area contributed by atoms with Crippen molar-refractivity contribution in [2.24, 2.45) is 0 Å². The Morgan fingerprint density at radius 1 is 0.500 bits per heavy atom. The van der Waals surface area contributed by atoms with E-state index in [1.165, 1.54) is 0 Å². The van der Waals surface area contributed by atoms with Gasteiger partial charge in [-0.1, -0.05) is 0 Å². The van der Waals surface area contributed by atoms with E-state index in [-0.39, 0.29) is 26.4 Å². The van der Waals surface area contributed by atoms with Gasteiger partial charge in [0.2, 0.25) is 0 Å². The van der Waals surface area contributed by atoms with E-state index in [1.807, 2.05) is 0 Å². The zero-order valence-electron chi connectivity index (χ0n) is 14.8. The van der Waals surface area contributed by atoms with Gasteiger partial charge in [-0.25, -0.2) is 28.8 Å². The van der Waals surface area contributed by atoms with Crippen LogP contribution < -0.4 is 0 Å². The maximum Gasteiger partial charge on any atom is 0.417 e. The molecule has 0 atom stereocenters. The molecule has 0 saturated heterocycles. The normalized spacial score (nSPS) is 8.31. The third-order valence-corrected chi connectivity index (χ3v) is 1.62. The summed E-state index contributed by atoms with van der Waals surface area (Å²) in [5.41, 5.74) is 0. The van der Waals surface area contributed by atoms with E-state index >= 15 is 0 Å². The monoisotopic (exact) mass is 382 g/mol. The molecule has 0 aromatic rings. The van der Waals surface area contributed by atoms with Gasteiger partial charge in [-0.2, -0.15) is 0 Å². The predicted octanol–water partition coefficient (Wildman–Crippen LogP) is -0.619. The molecule has 0 aliphatic rings. The molecule has 0 spiro atoms. The Hall–Kier alpha value is -3.18. The molecule has 0 radical (unpaired) electrons. The zero-order valence-corrected chi connectivity index (χ0v) is 14.8. The van der Waals surface area contributed by atoms with Crippen molar-refractivity contribution in [3.63, 3.8) is 0 Å². The first-order chi connectivity index (χ1) is 12.1. The van der Waals surface area contributed by atoms with Crippen LogP contribution in [-0.2, 0) is 47.7 Å². The van der Waals surface area contributed by atoms with Gasteiger partial charge in [0.1, 0.15) is 0 Å². The summed E-state index contributed by atoms with van der Waals surface area (Å²) in [4.78, 5) is 59.9. The van der Waals surface area contributed by atoms with Gasteiger partial charge in [0.25, 0.3) is 0 Å². The van der Waals surface area contributed by atoms with E-state index in [0.717, 1.165) is 0 Å². The lowest BCUT2D eigenvalue weighted by Crippen LogP contribution is -2.19. The Kier molecular flexibility index (Phi) is 19.3. The van der Waals surface area contributed by atoms with Crippen LogP contribution in [0.15, 0.2) is 0 Å². The van der Waals surface area contributed by atoms with E-state index in [0.29, 0.717) is 0 Å². The summed E-state index contributed by atoms with van der Waals surface area (Å²) in [7, 11) is 0. The van der Waals surface area contributed by atoms with E-state index < -0.39 is 35.8 Å². The minimum Gasteiger partial charge on any atom is -0.473 e. The summed E-state index contributed by atoms with van der Waals surface area (Å²) in [6.45, 7) is 7.26. The summed E-state index contributed by atoms with van der Waals surface area (Å²) in [6, 6.07) is 0. The largest absolute Gasteiger partial charge is 0.473 e. The summed E-state index contributed by atoms with van der Waals surface area (Å²) in [6.07, 6.45) is 0. The second-order valence-electron chi connectivity index (χ2n) is 3.49. The van der Waals surface area contributed by atoms with Gasteiger partial charge in [0.15, 0.2) is 0 Å². The van der Waals surface area contributed by atoms with Crippen molar-refractivity contribution in [2.75, 3.05) is 26.4 Å². The molecule has 150 valence electrons. The molecule has 0 saturated carbocycles. The Labute approximate surface area is 149 Å². The van der Waals surface area contributed by atoms with Gasteiger partial charge in [-0.3, -0.25) is 0 Å².